The van der Waals surface area contributed by atoms with Crippen LogP contribution in [0.4, 0.5) is 5.82 Å². The number of carbonyl (C=O) groups excluding carboxylic acids is 1. The number of nitrogens with zero attached hydrogens (tertiary/aromatic N) is 3. The highest BCUT2D eigenvalue weighted by atomic mass is 16.4. The lowest BCUT2D eigenvalue weighted by Gasteiger charge is -2.40. The SMILES string of the molecule is CCC1(C(=O)O)CCCN(c2nccnc2C(N)=O)C1. The van der Waals surface area contributed by atoms with E-state index in [9.17, 15) is 14.7 Å². The zero-order chi connectivity index (χ0) is 14.8. The quantitative estimate of drug-likeness (QED) is 0.837. The van der Waals surface area contributed by atoms with Crippen LogP contribution >= 0.6 is 0 Å². The summed E-state index contributed by atoms with van der Waals surface area (Å²) in [6.45, 7) is 2.83. The van der Waals surface area contributed by atoms with Crippen LogP contribution in [0.25, 0.3) is 0 Å². The van der Waals surface area contributed by atoms with Gasteiger partial charge in [0.1, 0.15) is 0 Å². The van der Waals surface area contributed by atoms with E-state index in [1.54, 1.807) is 4.90 Å². The Hall–Kier alpha value is -2.18. The van der Waals surface area contributed by atoms with Gasteiger partial charge in [-0.25, -0.2) is 9.97 Å². The van der Waals surface area contributed by atoms with Crippen molar-refractivity contribution in [3.63, 3.8) is 0 Å². The molecule has 0 saturated carbocycles. The van der Waals surface area contributed by atoms with Crippen molar-refractivity contribution in [3.05, 3.63) is 18.1 Å². The number of aromatic nitrogens is 2. The molecule has 2 rings (SSSR count). The number of carboxylic acid groups (broad SMARTS) is 1. The van der Waals surface area contributed by atoms with E-state index in [1.165, 1.54) is 12.4 Å². The summed E-state index contributed by atoms with van der Waals surface area (Å²) in [5, 5.41) is 9.48. The van der Waals surface area contributed by atoms with E-state index >= 15 is 0 Å². The third kappa shape index (κ3) is 2.43. The van der Waals surface area contributed by atoms with E-state index in [1.807, 2.05) is 6.92 Å². The molecule has 1 atom stereocenters. The van der Waals surface area contributed by atoms with Crippen LogP contribution in [0.3, 0.4) is 0 Å². The van der Waals surface area contributed by atoms with Gasteiger partial charge in [0.05, 0.1) is 5.41 Å². The molecular formula is C13H18N4O3. The first-order valence-corrected chi connectivity index (χ1v) is 6.59. The molecule has 1 fully saturated rings. The summed E-state index contributed by atoms with van der Waals surface area (Å²) in [7, 11) is 0. The molecule has 20 heavy (non-hydrogen) atoms. The molecule has 1 unspecified atom stereocenters. The van der Waals surface area contributed by atoms with Crippen molar-refractivity contribution in [3.8, 4) is 0 Å². The number of hydrogen-bond acceptors (Lipinski definition) is 5. The highest BCUT2D eigenvalue weighted by molar-refractivity contribution is 5.95. The van der Waals surface area contributed by atoms with Crippen LogP contribution in [0.5, 0.6) is 0 Å². The van der Waals surface area contributed by atoms with E-state index in [4.69, 9.17) is 5.73 Å². The van der Waals surface area contributed by atoms with Gasteiger partial charge in [-0.1, -0.05) is 6.92 Å². The second-order valence-electron chi connectivity index (χ2n) is 5.06. The first-order valence-electron chi connectivity index (χ1n) is 6.59. The molecule has 3 N–H and O–H groups in total. The van der Waals surface area contributed by atoms with Gasteiger partial charge in [0.25, 0.3) is 5.91 Å². The highest BCUT2D eigenvalue weighted by Gasteiger charge is 2.41. The first kappa shape index (κ1) is 14.2. The molecule has 2 heterocycles. The fourth-order valence-electron chi connectivity index (χ4n) is 2.66. The van der Waals surface area contributed by atoms with Gasteiger partial charge in [0.15, 0.2) is 11.5 Å². The Morgan fingerprint density at radius 3 is 2.75 bits per heavy atom. The predicted molar refractivity (Wildman–Crippen MR) is 72.4 cm³/mol. The van der Waals surface area contributed by atoms with Gasteiger partial charge in [0, 0.05) is 25.5 Å². The van der Waals surface area contributed by atoms with Gasteiger partial charge in [-0.05, 0) is 19.3 Å². The van der Waals surface area contributed by atoms with Crippen LogP contribution in [0.2, 0.25) is 0 Å². The van der Waals surface area contributed by atoms with Gasteiger partial charge in [0.2, 0.25) is 0 Å². The van der Waals surface area contributed by atoms with Gasteiger partial charge in [-0.15, -0.1) is 0 Å². The molecule has 7 nitrogen and oxygen atoms in total. The second kappa shape index (κ2) is 5.44. The molecule has 1 amide bonds. The standard InChI is InChI=1S/C13H18N4O3/c1-2-13(12(19)20)4-3-7-17(8-13)11-9(10(14)18)15-5-6-16-11/h5-6H,2-4,7-8H2,1H3,(H2,14,18)(H,19,20). The number of rotatable bonds is 4. The fourth-order valence-corrected chi connectivity index (χ4v) is 2.66. The first-order chi connectivity index (χ1) is 9.50. The molecule has 7 heteroatoms. The maximum Gasteiger partial charge on any atom is 0.311 e. The molecule has 108 valence electrons. The van der Waals surface area contributed by atoms with Crippen LogP contribution in [0, 0.1) is 5.41 Å². The molecule has 0 spiro atoms. The van der Waals surface area contributed by atoms with Crippen LogP contribution in [-0.4, -0.2) is 40.0 Å². The lowest BCUT2D eigenvalue weighted by molar-refractivity contribution is -0.149. The van der Waals surface area contributed by atoms with Crippen LogP contribution in [0.15, 0.2) is 12.4 Å². The summed E-state index contributed by atoms with van der Waals surface area (Å²) in [5.74, 6) is -1.09. The Labute approximate surface area is 116 Å². The number of anilines is 1. The van der Waals surface area contributed by atoms with Crippen molar-refractivity contribution >= 4 is 17.7 Å². The zero-order valence-corrected chi connectivity index (χ0v) is 11.4. The van der Waals surface area contributed by atoms with Crippen molar-refractivity contribution in [2.24, 2.45) is 11.1 Å². The predicted octanol–water partition coefficient (Wildman–Crippen LogP) is 0.657. The van der Waals surface area contributed by atoms with Crippen LogP contribution in [-0.2, 0) is 4.79 Å². The molecule has 0 radical (unpaired) electrons. The Morgan fingerprint density at radius 2 is 2.15 bits per heavy atom. The van der Waals surface area contributed by atoms with E-state index in [-0.39, 0.29) is 5.69 Å². The Morgan fingerprint density at radius 1 is 1.45 bits per heavy atom. The molecule has 0 bridgehead atoms. The third-order valence-electron chi connectivity index (χ3n) is 3.92. The summed E-state index contributed by atoms with van der Waals surface area (Å²) in [4.78, 5) is 32.9. The molecule has 0 aromatic carbocycles. The summed E-state index contributed by atoms with van der Waals surface area (Å²) in [6.07, 6.45) is 4.77. The molecule has 1 aliphatic heterocycles. The number of aliphatic carboxylic acids is 1. The second-order valence-corrected chi connectivity index (χ2v) is 5.06. The molecule has 1 aromatic heterocycles. The van der Waals surface area contributed by atoms with Gasteiger partial charge >= 0.3 is 5.97 Å². The van der Waals surface area contributed by atoms with Crippen molar-refractivity contribution in [1.29, 1.82) is 0 Å². The Bertz CT molecular complexity index is 534. The number of primary amides is 1. The lowest BCUT2D eigenvalue weighted by Crippen LogP contribution is -2.48. The largest absolute Gasteiger partial charge is 0.481 e. The van der Waals surface area contributed by atoms with Crippen LogP contribution in [0.1, 0.15) is 36.7 Å². The number of amides is 1. The topological polar surface area (TPSA) is 109 Å². The van der Waals surface area contributed by atoms with Crippen LogP contribution < -0.4 is 10.6 Å². The number of hydrogen-bond donors (Lipinski definition) is 2. The third-order valence-corrected chi connectivity index (χ3v) is 3.92. The van der Waals surface area contributed by atoms with Crippen molar-refractivity contribution in [2.45, 2.75) is 26.2 Å². The van der Waals surface area contributed by atoms with Crippen molar-refractivity contribution in [2.75, 3.05) is 18.0 Å². The van der Waals surface area contributed by atoms with Crippen molar-refractivity contribution in [1.82, 2.24) is 9.97 Å². The number of carbonyl (C=O) groups is 2. The molecular weight excluding hydrogens is 260 g/mol. The minimum Gasteiger partial charge on any atom is -0.481 e. The molecule has 1 saturated heterocycles. The maximum absolute atomic E-state index is 11.5. The minimum absolute atomic E-state index is 0.0878. The normalized spacial score (nSPS) is 22.6. The minimum atomic E-state index is -0.811. The van der Waals surface area contributed by atoms with E-state index in [0.717, 1.165) is 6.42 Å². The Kier molecular flexibility index (Phi) is 3.87. The summed E-state index contributed by atoms with van der Waals surface area (Å²) in [5.41, 5.74) is 4.58. The van der Waals surface area contributed by atoms with Gasteiger partial charge in [-0.3, -0.25) is 9.59 Å². The lowest BCUT2D eigenvalue weighted by atomic mass is 9.77. The van der Waals surface area contributed by atoms with Crippen molar-refractivity contribution < 1.29 is 14.7 Å². The van der Waals surface area contributed by atoms with E-state index < -0.39 is 17.3 Å². The summed E-state index contributed by atoms with van der Waals surface area (Å²) < 4.78 is 0. The fraction of sp³-hybridized carbons (Fsp3) is 0.538. The average molecular weight is 278 g/mol. The number of nitrogens with two attached hydrogens (primary N) is 1. The van der Waals surface area contributed by atoms with E-state index in [0.29, 0.717) is 31.7 Å². The smallest absolute Gasteiger partial charge is 0.311 e. The Balaban J connectivity index is 2.34. The summed E-state index contributed by atoms with van der Waals surface area (Å²) >= 11 is 0. The van der Waals surface area contributed by atoms with E-state index in [2.05, 4.69) is 9.97 Å². The average Bonchev–Trinajstić information content (AvgIpc) is 2.47. The molecule has 0 aliphatic carbocycles. The summed E-state index contributed by atoms with van der Waals surface area (Å²) in [6, 6.07) is 0. The maximum atomic E-state index is 11.5. The number of piperidine rings is 1. The highest BCUT2D eigenvalue weighted by Crippen LogP contribution is 2.35. The number of carboxylic acids is 1. The zero-order valence-electron chi connectivity index (χ0n) is 11.4. The van der Waals surface area contributed by atoms with Gasteiger partial charge in [-0.2, -0.15) is 0 Å². The van der Waals surface area contributed by atoms with Gasteiger partial charge < -0.3 is 15.7 Å². The molecule has 1 aromatic rings. The molecule has 1 aliphatic rings. The monoisotopic (exact) mass is 278 g/mol.